The molecule has 0 atom stereocenters. The van der Waals surface area contributed by atoms with Gasteiger partial charge in [-0.25, -0.2) is 4.39 Å². The second-order valence-electron chi connectivity index (χ2n) is 7.94. The second kappa shape index (κ2) is 10.3. The number of hydrogen-bond acceptors (Lipinski definition) is 5. The number of halogens is 1. The highest BCUT2D eigenvalue weighted by molar-refractivity contribution is 6.01. The van der Waals surface area contributed by atoms with Gasteiger partial charge in [0.1, 0.15) is 28.6 Å². The Bertz CT molecular complexity index is 1390. The lowest BCUT2D eigenvalue weighted by Gasteiger charge is -2.12. The Balaban J connectivity index is 1.68. The zero-order chi connectivity index (χ0) is 24.9. The summed E-state index contributed by atoms with van der Waals surface area (Å²) < 4.78 is 35.4. The number of rotatable bonds is 8. The first-order chi connectivity index (χ1) is 16.9. The van der Waals surface area contributed by atoms with Crippen LogP contribution in [-0.2, 0) is 11.3 Å². The van der Waals surface area contributed by atoms with Gasteiger partial charge in [0.25, 0.3) is 0 Å². The van der Waals surface area contributed by atoms with Crippen molar-refractivity contribution >= 4 is 22.4 Å². The molecule has 0 fully saturated rings. The van der Waals surface area contributed by atoms with Gasteiger partial charge in [-0.15, -0.1) is 0 Å². The molecule has 0 spiro atoms. The quantitative estimate of drug-likeness (QED) is 0.317. The molecule has 4 aromatic rings. The topological polar surface area (TPSA) is 69.9 Å². The molecule has 1 heterocycles. The maximum atomic E-state index is 13.1. The molecule has 1 amide bonds. The van der Waals surface area contributed by atoms with Gasteiger partial charge >= 0.3 is 0 Å². The fourth-order valence-corrected chi connectivity index (χ4v) is 3.88. The van der Waals surface area contributed by atoms with Crippen molar-refractivity contribution < 1.29 is 27.8 Å². The monoisotopic (exact) mass is 475 g/mol. The van der Waals surface area contributed by atoms with Crippen molar-refractivity contribution in [2.24, 2.45) is 0 Å². The lowest BCUT2D eigenvalue weighted by Crippen LogP contribution is -2.20. The Hall–Kier alpha value is -4.26. The van der Waals surface area contributed by atoms with E-state index in [1.54, 1.807) is 45.8 Å². The molecule has 0 aliphatic carbocycles. The highest BCUT2D eigenvalue weighted by Gasteiger charge is 2.18. The van der Waals surface area contributed by atoms with Crippen LogP contribution in [0, 0.1) is 5.82 Å². The predicted molar refractivity (Wildman–Crippen MR) is 133 cm³/mol. The highest BCUT2D eigenvalue weighted by atomic mass is 19.1. The summed E-state index contributed by atoms with van der Waals surface area (Å²) in [5, 5.41) is 3.67. The van der Waals surface area contributed by atoms with Crippen LogP contribution in [0.15, 0.2) is 71.4 Å². The van der Waals surface area contributed by atoms with E-state index in [1.807, 2.05) is 31.2 Å². The van der Waals surface area contributed by atoms with Crippen molar-refractivity contribution in [2.75, 3.05) is 21.3 Å². The number of benzene rings is 3. The van der Waals surface area contributed by atoms with E-state index in [4.69, 9.17) is 18.6 Å². The van der Waals surface area contributed by atoms with Crippen molar-refractivity contribution in [3.05, 3.63) is 83.9 Å². The molecule has 0 unspecified atom stereocenters. The van der Waals surface area contributed by atoms with Gasteiger partial charge in [0.05, 0.1) is 27.6 Å². The Morgan fingerprint density at radius 2 is 1.69 bits per heavy atom. The Labute approximate surface area is 202 Å². The van der Waals surface area contributed by atoms with Crippen molar-refractivity contribution in [3.63, 3.8) is 0 Å². The molecule has 3 aromatic carbocycles. The first-order valence-corrected chi connectivity index (χ1v) is 11.0. The summed E-state index contributed by atoms with van der Waals surface area (Å²) in [7, 11) is 4.79. The smallest absolute Gasteiger partial charge is 0.244 e. The molecular weight excluding hydrogens is 449 g/mol. The van der Waals surface area contributed by atoms with Gasteiger partial charge in [0, 0.05) is 40.8 Å². The number of fused-ring (bicyclic) bond motifs is 1. The molecular formula is C28H26FNO5. The number of hydrogen-bond donors (Lipinski definition) is 1. The Morgan fingerprint density at radius 3 is 2.37 bits per heavy atom. The third-order valence-corrected chi connectivity index (χ3v) is 5.74. The van der Waals surface area contributed by atoms with Gasteiger partial charge in [-0.05, 0) is 54.5 Å². The molecule has 35 heavy (non-hydrogen) atoms. The number of amides is 1. The minimum atomic E-state index is -0.316. The van der Waals surface area contributed by atoms with Crippen molar-refractivity contribution in [3.8, 4) is 28.4 Å². The van der Waals surface area contributed by atoms with Crippen LogP contribution in [0.3, 0.4) is 0 Å². The van der Waals surface area contributed by atoms with E-state index < -0.39 is 0 Å². The van der Waals surface area contributed by atoms with Crippen LogP contribution in [-0.4, -0.2) is 27.2 Å². The molecule has 4 rings (SSSR count). The van der Waals surface area contributed by atoms with Crippen LogP contribution in [0.25, 0.3) is 27.7 Å². The van der Waals surface area contributed by atoms with E-state index in [0.717, 1.165) is 27.6 Å². The summed E-state index contributed by atoms with van der Waals surface area (Å²) in [6.45, 7) is 2.13. The predicted octanol–water partition coefficient (Wildman–Crippen LogP) is 5.98. The molecule has 0 saturated heterocycles. The van der Waals surface area contributed by atoms with Crippen LogP contribution in [0.5, 0.6) is 17.2 Å². The third-order valence-electron chi connectivity index (χ3n) is 5.74. The number of nitrogens with one attached hydrogen (secondary N) is 1. The van der Waals surface area contributed by atoms with Crippen molar-refractivity contribution in [2.45, 2.75) is 13.5 Å². The van der Waals surface area contributed by atoms with Crippen LogP contribution in [0.4, 0.5) is 4.39 Å². The van der Waals surface area contributed by atoms with E-state index >= 15 is 0 Å². The van der Waals surface area contributed by atoms with E-state index in [2.05, 4.69) is 5.32 Å². The first kappa shape index (κ1) is 23.9. The molecule has 6 nitrogen and oxygen atoms in total. The molecule has 0 bridgehead atoms. The fraction of sp³-hybridized carbons (Fsp3) is 0.179. The summed E-state index contributed by atoms with van der Waals surface area (Å²) in [5.74, 6) is 1.37. The summed E-state index contributed by atoms with van der Waals surface area (Å²) in [4.78, 5) is 12.6. The van der Waals surface area contributed by atoms with Crippen LogP contribution >= 0.6 is 0 Å². The maximum Gasteiger partial charge on any atom is 0.244 e. The van der Waals surface area contributed by atoms with Gasteiger partial charge < -0.3 is 23.9 Å². The number of ether oxygens (including phenoxy) is 3. The zero-order valence-corrected chi connectivity index (χ0v) is 20.0. The molecule has 0 saturated carbocycles. The summed E-state index contributed by atoms with van der Waals surface area (Å²) >= 11 is 0. The van der Waals surface area contributed by atoms with Crippen LogP contribution in [0.2, 0.25) is 0 Å². The van der Waals surface area contributed by atoms with E-state index in [0.29, 0.717) is 34.9 Å². The molecule has 1 aromatic heterocycles. The Morgan fingerprint density at radius 1 is 0.943 bits per heavy atom. The van der Waals surface area contributed by atoms with E-state index in [-0.39, 0.29) is 11.7 Å². The first-order valence-electron chi connectivity index (χ1n) is 11.0. The molecule has 0 aliphatic heterocycles. The minimum Gasteiger partial charge on any atom is -0.497 e. The fourth-order valence-electron chi connectivity index (χ4n) is 3.88. The average Bonchev–Trinajstić information content (AvgIpc) is 3.29. The summed E-state index contributed by atoms with van der Waals surface area (Å²) in [6.07, 6.45) is 3.18. The van der Waals surface area contributed by atoms with E-state index in [9.17, 15) is 9.18 Å². The van der Waals surface area contributed by atoms with Crippen LogP contribution < -0.4 is 19.5 Å². The largest absolute Gasteiger partial charge is 0.497 e. The van der Waals surface area contributed by atoms with Gasteiger partial charge in [-0.1, -0.05) is 12.1 Å². The summed E-state index contributed by atoms with van der Waals surface area (Å²) in [6, 6.07) is 15.3. The SMILES string of the molecule is COc1ccc(OC)c(-c2coc3cc(OC)c(/C(C)=C/C(=O)NCc4ccc(F)cc4)cc23)c1. The zero-order valence-electron chi connectivity index (χ0n) is 20.0. The number of allylic oxidation sites excluding steroid dienone is 1. The number of carbonyl (C=O) groups excluding carboxylic acids is 1. The summed E-state index contributed by atoms with van der Waals surface area (Å²) in [5.41, 5.74) is 4.55. The van der Waals surface area contributed by atoms with Gasteiger partial charge in [-0.3, -0.25) is 4.79 Å². The van der Waals surface area contributed by atoms with E-state index in [1.165, 1.54) is 18.2 Å². The lowest BCUT2D eigenvalue weighted by molar-refractivity contribution is -0.116. The third kappa shape index (κ3) is 5.14. The van der Waals surface area contributed by atoms with Crippen molar-refractivity contribution in [1.82, 2.24) is 5.32 Å². The number of carbonyl (C=O) groups is 1. The van der Waals surface area contributed by atoms with Gasteiger partial charge in [0.2, 0.25) is 5.91 Å². The number of furan rings is 1. The lowest BCUT2D eigenvalue weighted by atomic mass is 9.98. The number of methoxy groups -OCH3 is 3. The second-order valence-corrected chi connectivity index (χ2v) is 7.94. The molecule has 0 aliphatic rings. The normalized spacial score (nSPS) is 11.4. The van der Waals surface area contributed by atoms with Crippen LogP contribution in [0.1, 0.15) is 18.1 Å². The molecule has 1 N–H and O–H groups in total. The Kier molecular flexibility index (Phi) is 7.06. The van der Waals surface area contributed by atoms with Crippen molar-refractivity contribution in [1.29, 1.82) is 0 Å². The molecule has 0 radical (unpaired) electrons. The minimum absolute atomic E-state index is 0.268. The van der Waals surface area contributed by atoms with Gasteiger partial charge in [-0.2, -0.15) is 0 Å². The maximum absolute atomic E-state index is 13.1. The molecule has 180 valence electrons. The standard InChI is InChI=1S/C28H26FNO5/c1-17(11-28(31)30-15-18-5-7-19(29)8-6-18)21-13-23-24(16-35-27(23)14-26(21)34-4)22-12-20(32-2)9-10-25(22)33-3/h5-14,16H,15H2,1-4H3,(H,30,31)/b17-11+. The van der Waals surface area contributed by atoms with Gasteiger partial charge in [0.15, 0.2) is 0 Å². The average molecular weight is 476 g/mol. The highest BCUT2D eigenvalue weighted by Crippen LogP contribution is 2.41. The molecule has 7 heteroatoms.